The summed E-state index contributed by atoms with van der Waals surface area (Å²) < 4.78 is 25.9. The van der Waals surface area contributed by atoms with E-state index < -0.39 is 18.5 Å². The molecular formula is C16H16N2O7. The van der Waals surface area contributed by atoms with E-state index in [1.54, 1.807) is 13.0 Å². The summed E-state index contributed by atoms with van der Waals surface area (Å²) in [7, 11) is 1.45. The minimum absolute atomic E-state index is 0.186. The third-order valence-electron chi connectivity index (χ3n) is 3.29. The lowest BCUT2D eigenvalue weighted by molar-refractivity contribution is -0.119. The van der Waals surface area contributed by atoms with Gasteiger partial charge in [0.1, 0.15) is 19.0 Å². The smallest absolute Gasteiger partial charge is 0.338 e. The van der Waals surface area contributed by atoms with Crippen LogP contribution in [-0.4, -0.2) is 44.0 Å². The molecule has 1 aromatic heterocycles. The Kier molecular flexibility index (Phi) is 4.73. The number of aryl methyl sites for hydroxylation is 1. The number of hydrogen-bond donors (Lipinski definition) is 1. The molecule has 0 saturated heterocycles. The largest absolute Gasteiger partial charge is 0.493 e. The van der Waals surface area contributed by atoms with Crippen LogP contribution in [0.2, 0.25) is 0 Å². The fraction of sp³-hybridized carbons (Fsp3) is 0.312. The minimum Gasteiger partial charge on any atom is -0.493 e. The van der Waals surface area contributed by atoms with Gasteiger partial charge >= 0.3 is 5.97 Å². The molecule has 1 aromatic carbocycles. The molecule has 0 saturated carbocycles. The van der Waals surface area contributed by atoms with Crippen LogP contribution in [0.15, 0.2) is 22.7 Å². The van der Waals surface area contributed by atoms with Gasteiger partial charge in [-0.15, -0.1) is 0 Å². The highest BCUT2D eigenvalue weighted by Gasteiger charge is 2.22. The highest BCUT2D eigenvalue weighted by molar-refractivity contribution is 5.95. The number of benzene rings is 1. The number of amides is 1. The van der Waals surface area contributed by atoms with Crippen molar-refractivity contribution in [1.29, 1.82) is 0 Å². The molecule has 0 bridgehead atoms. The number of anilines is 1. The Morgan fingerprint density at radius 1 is 1.24 bits per heavy atom. The number of methoxy groups -OCH3 is 1. The molecule has 9 nitrogen and oxygen atoms in total. The van der Waals surface area contributed by atoms with E-state index in [2.05, 4.69) is 10.5 Å². The van der Waals surface area contributed by atoms with Crippen molar-refractivity contribution in [2.24, 2.45) is 0 Å². The van der Waals surface area contributed by atoms with Gasteiger partial charge in [-0.3, -0.25) is 4.79 Å². The van der Waals surface area contributed by atoms with Gasteiger partial charge in [-0.05, 0) is 19.1 Å². The van der Waals surface area contributed by atoms with Crippen molar-refractivity contribution in [3.05, 3.63) is 29.5 Å². The van der Waals surface area contributed by atoms with Crippen molar-refractivity contribution in [3.63, 3.8) is 0 Å². The lowest BCUT2D eigenvalue weighted by Gasteiger charge is -2.21. The summed E-state index contributed by atoms with van der Waals surface area (Å²) in [5.74, 6) is 0.749. The van der Waals surface area contributed by atoms with Gasteiger partial charge in [0.2, 0.25) is 5.75 Å². The number of hydrogen-bond acceptors (Lipinski definition) is 8. The Hall–Kier alpha value is -3.23. The van der Waals surface area contributed by atoms with Crippen LogP contribution in [0, 0.1) is 6.92 Å². The molecule has 9 heteroatoms. The average Bonchev–Trinajstić information content (AvgIpc) is 3.03. The third-order valence-corrected chi connectivity index (χ3v) is 3.29. The molecule has 1 aliphatic rings. The molecule has 0 spiro atoms. The monoisotopic (exact) mass is 348 g/mol. The highest BCUT2D eigenvalue weighted by atomic mass is 16.6. The zero-order chi connectivity index (χ0) is 17.8. The second-order valence-electron chi connectivity index (χ2n) is 5.15. The van der Waals surface area contributed by atoms with Crippen LogP contribution in [0.3, 0.4) is 0 Å². The molecule has 25 heavy (non-hydrogen) atoms. The summed E-state index contributed by atoms with van der Waals surface area (Å²) in [6.07, 6.45) is 0. The molecule has 0 radical (unpaired) electrons. The molecule has 132 valence electrons. The van der Waals surface area contributed by atoms with Crippen molar-refractivity contribution in [2.45, 2.75) is 6.92 Å². The molecule has 0 fully saturated rings. The number of fused-ring (bicyclic) bond motifs is 1. The van der Waals surface area contributed by atoms with Crippen LogP contribution >= 0.6 is 0 Å². The Bertz CT molecular complexity index is 783. The topological polar surface area (TPSA) is 109 Å². The maximum Gasteiger partial charge on any atom is 0.338 e. The molecule has 0 aliphatic carbocycles. The predicted octanol–water partition coefficient (Wildman–Crippen LogP) is 1.56. The second kappa shape index (κ2) is 7.12. The summed E-state index contributed by atoms with van der Waals surface area (Å²) in [5.41, 5.74) is 0.186. The molecule has 1 amide bonds. The van der Waals surface area contributed by atoms with Crippen LogP contribution in [0.4, 0.5) is 5.82 Å². The van der Waals surface area contributed by atoms with E-state index in [-0.39, 0.29) is 11.4 Å². The van der Waals surface area contributed by atoms with Crippen LogP contribution in [0.25, 0.3) is 0 Å². The number of carbonyl (C=O) groups excluding carboxylic acids is 2. The minimum atomic E-state index is -0.693. The summed E-state index contributed by atoms with van der Waals surface area (Å²) in [6, 6.07) is 4.50. The van der Waals surface area contributed by atoms with Gasteiger partial charge in [0.25, 0.3) is 5.91 Å². The molecular weight excluding hydrogens is 332 g/mol. The van der Waals surface area contributed by atoms with E-state index in [1.807, 2.05) is 0 Å². The Labute approximate surface area is 142 Å². The van der Waals surface area contributed by atoms with Crippen molar-refractivity contribution in [1.82, 2.24) is 5.16 Å². The first kappa shape index (κ1) is 16.6. The van der Waals surface area contributed by atoms with Crippen molar-refractivity contribution >= 4 is 17.7 Å². The normalized spacial score (nSPS) is 12.4. The first-order valence-electron chi connectivity index (χ1n) is 7.44. The number of esters is 1. The van der Waals surface area contributed by atoms with Gasteiger partial charge in [0.05, 0.1) is 12.7 Å². The number of nitrogens with zero attached hydrogens (tertiary/aromatic N) is 1. The van der Waals surface area contributed by atoms with Gasteiger partial charge in [-0.2, -0.15) is 0 Å². The molecule has 2 aromatic rings. The third kappa shape index (κ3) is 3.82. The first-order valence-corrected chi connectivity index (χ1v) is 7.44. The highest BCUT2D eigenvalue weighted by Crippen LogP contribution is 2.40. The van der Waals surface area contributed by atoms with Crippen molar-refractivity contribution in [2.75, 3.05) is 32.2 Å². The second-order valence-corrected chi connectivity index (χ2v) is 5.15. The zero-order valence-electron chi connectivity index (χ0n) is 13.7. The van der Waals surface area contributed by atoms with Gasteiger partial charge in [0, 0.05) is 6.07 Å². The van der Waals surface area contributed by atoms with Gasteiger partial charge < -0.3 is 28.8 Å². The summed E-state index contributed by atoms with van der Waals surface area (Å²) in [4.78, 5) is 23.9. The number of nitrogens with one attached hydrogen (secondary N) is 1. The lowest BCUT2D eigenvalue weighted by Crippen LogP contribution is -2.21. The van der Waals surface area contributed by atoms with E-state index in [0.29, 0.717) is 36.2 Å². The molecule has 0 unspecified atom stereocenters. The quantitative estimate of drug-likeness (QED) is 0.811. The maximum atomic E-state index is 12.2. The van der Waals surface area contributed by atoms with Crippen LogP contribution < -0.4 is 19.5 Å². The van der Waals surface area contributed by atoms with Gasteiger partial charge in [-0.25, -0.2) is 4.79 Å². The molecule has 1 N–H and O–H groups in total. The first-order chi connectivity index (χ1) is 12.1. The number of aromatic nitrogens is 1. The molecule has 2 heterocycles. The summed E-state index contributed by atoms with van der Waals surface area (Å²) >= 11 is 0. The van der Waals surface area contributed by atoms with Crippen molar-refractivity contribution < 1.29 is 33.1 Å². The standard InChI is InChI=1S/C16H16N2O7/c1-9-5-13(18-25-9)17-14(19)8-24-16(20)10-6-11(21-2)15-12(7-10)22-3-4-23-15/h5-7H,3-4,8H2,1-2H3,(H,17,18,19). The van der Waals surface area contributed by atoms with Gasteiger partial charge in [0.15, 0.2) is 23.9 Å². The SMILES string of the molecule is COc1cc(C(=O)OCC(=O)Nc2cc(C)on2)cc2c1OCCO2. The fourth-order valence-electron chi connectivity index (χ4n) is 2.21. The zero-order valence-corrected chi connectivity index (χ0v) is 13.7. The molecule has 0 atom stereocenters. The van der Waals surface area contributed by atoms with Crippen LogP contribution in [0.1, 0.15) is 16.1 Å². The predicted molar refractivity (Wildman–Crippen MR) is 84.1 cm³/mol. The number of rotatable bonds is 5. The van der Waals surface area contributed by atoms with Crippen molar-refractivity contribution in [3.8, 4) is 17.2 Å². The lowest BCUT2D eigenvalue weighted by atomic mass is 10.1. The fourth-order valence-corrected chi connectivity index (χ4v) is 2.21. The Balaban J connectivity index is 1.64. The van der Waals surface area contributed by atoms with E-state index in [0.717, 1.165) is 0 Å². The van der Waals surface area contributed by atoms with Crippen LogP contribution in [-0.2, 0) is 9.53 Å². The van der Waals surface area contributed by atoms with E-state index in [1.165, 1.54) is 19.2 Å². The van der Waals surface area contributed by atoms with Crippen LogP contribution in [0.5, 0.6) is 17.2 Å². The van der Waals surface area contributed by atoms with E-state index >= 15 is 0 Å². The maximum absolute atomic E-state index is 12.2. The average molecular weight is 348 g/mol. The van der Waals surface area contributed by atoms with E-state index in [9.17, 15) is 9.59 Å². The van der Waals surface area contributed by atoms with Gasteiger partial charge in [-0.1, -0.05) is 5.16 Å². The Morgan fingerprint density at radius 2 is 2.04 bits per heavy atom. The summed E-state index contributed by atoms with van der Waals surface area (Å²) in [6.45, 7) is 1.99. The Morgan fingerprint density at radius 3 is 2.76 bits per heavy atom. The van der Waals surface area contributed by atoms with E-state index in [4.69, 9.17) is 23.5 Å². The molecule has 3 rings (SSSR count). The number of carbonyl (C=O) groups is 2. The number of ether oxygens (including phenoxy) is 4. The summed E-state index contributed by atoms with van der Waals surface area (Å²) in [5, 5.41) is 6.07. The molecule has 1 aliphatic heterocycles.